The van der Waals surface area contributed by atoms with E-state index in [-0.39, 0.29) is 0 Å². The topological polar surface area (TPSA) is 24.5 Å². The molecule has 1 saturated heterocycles. The summed E-state index contributed by atoms with van der Waals surface area (Å²) in [7, 11) is 2.17. The quantitative estimate of drug-likeness (QED) is 0.876. The van der Waals surface area contributed by atoms with E-state index in [0.29, 0.717) is 12.1 Å². The molecular weight excluding hydrogens is 224 g/mol. The van der Waals surface area contributed by atoms with E-state index in [2.05, 4.69) is 41.5 Å². The van der Waals surface area contributed by atoms with Crippen molar-refractivity contribution >= 4 is 0 Å². The number of benzene rings is 1. The summed E-state index contributed by atoms with van der Waals surface area (Å²) in [5.74, 6) is 0. The van der Waals surface area contributed by atoms with Crippen LogP contribution >= 0.6 is 0 Å². The van der Waals surface area contributed by atoms with Crippen LogP contribution in [-0.2, 0) is 11.2 Å². The van der Waals surface area contributed by atoms with Crippen LogP contribution in [-0.4, -0.2) is 44.3 Å². The summed E-state index contributed by atoms with van der Waals surface area (Å²) in [5, 5.41) is 3.68. The number of hydrogen-bond donors (Lipinski definition) is 1. The van der Waals surface area contributed by atoms with Gasteiger partial charge < -0.3 is 15.0 Å². The molecule has 1 aliphatic carbocycles. The third-order valence-corrected chi connectivity index (χ3v) is 4.07. The standard InChI is InChI=1S/C15H22N2O/c1-17-8-9-18-13(11-17)10-16-15-7-6-12-4-2-3-5-14(12)15/h2-5,13,15-16H,6-11H2,1H3. The van der Waals surface area contributed by atoms with Gasteiger partial charge in [0.1, 0.15) is 0 Å². The molecule has 0 saturated carbocycles. The summed E-state index contributed by atoms with van der Waals surface area (Å²) in [6.45, 7) is 3.93. The maximum absolute atomic E-state index is 5.79. The van der Waals surface area contributed by atoms with E-state index in [4.69, 9.17) is 4.74 Å². The van der Waals surface area contributed by atoms with Gasteiger partial charge in [0.15, 0.2) is 0 Å². The molecule has 1 N–H and O–H groups in total. The molecule has 0 aromatic heterocycles. The highest BCUT2D eigenvalue weighted by atomic mass is 16.5. The normalized spacial score (nSPS) is 28.3. The molecule has 3 heteroatoms. The molecule has 1 aliphatic heterocycles. The fourth-order valence-corrected chi connectivity index (χ4v) is 3.03. The average Bonchev–Trinajstić information content (AvgIpc) is 2.80. The molecule has 1 aromatic rings. The number of aryl methyl sites for hydroxylation is 1. The number of likely N-dealkylation sites (N-methyl/N-ethyl adjacent to an activating group) is 1. The van der Waals surface area contributed by atoms with E-state index in [1.54, 1.807) is 0 Å². The van der Waals surface area contributed by atoms with Crippen LogP contribution in [0.25, 0.3) is 0 Å². The van der Waals surface area contributed by atoms with Gasteiger partial charge in [-0.15, -0.1) is 0 Å². The van der Waals surface area contributed by atoms with Gasteiger partial charge in [0.25, 0.3) is 0 Å². The zero-order valence-electron chi connectivity index (χ0n) is 11.1. The second-order valence-electron chi connectivity index (χ2n) is 5.45. The Morgan fingerprint density at radius 3 is 3.17 bits per heavy atom. The van der Waals surface area contributed by atoms with Crippen LogP contribution in [0.5, 0.6) is 0 Å². The summed E-state index contributed by atoms with van der Waals surface area (Å²) in [6.07, 6.45) is 2.78. The molecule has 3 nitrogen and oxygen atoms in total. The van der Waals surface area contributed by atoms with Crippen molar-refractivity contribution in [2.75, 3.05) is 33.3 Å². The molecule has 1 aromatic carbocycles. The predicted molar refractivity (Wildman–Crippen MR) is 72.7 cm³/mol. The van der Waals surface area contributed by atoms with E-state index in [0.717, 1.165) is 26.2 Å². The van der Waals surface area contributed by atoms with E-state index in [1.807, 2.05) is 0 Å². The van der Waals surface area contributed by atoms with Crippen LogP contribution in [0.3, 0.4) is 0 Å². The fraction of sp³-hybridized carbons (Fsp3) is 0.600. The number of rotatable bonds is 3. The van der Waals surface area contributed by atoms with Gasteiger partial charge in [-0.3, -0.25) is 0 Å². The third kappa shape index (κ3) is 2.58. The number of morpholine rings is 1. The first-order valence-electron chi connectivity index (χ1n) is 6.94. The van der Waals surface area contributed by atoms with E-state index in [1.165, 1.54) is 24.0 Å². The SMILES string of the molecule is CN1CCOC(CNC2CCc3ccccc32)C1. The molecule has 0 spiro atoms. The first-order valence-corrected chi connectivity index (χ1v) is 6.94. The fourth-order valence-electron chi connectivity index (χ4n) is 3.03. The smallest absolute Gasteiger partial charge is 0.0826 e. The van der Waals surface area contributed by atoms with Gasteiger partial charge in [-0.05, 0) is 31.0 Å². The molecule has 0 amide bonds. The van der Waals surface area contributed by atoms with Gasteiger partial charge in [0, 0.05) is 25.7 Å². The van der Waals surface area contributed by atoms with E-state index in [9.17, 15) is 0 Å². The van der Waals surface area contributed by atoms with Crippen molar-refractivity contribution in [3.8, 4) is 0 Å². The monoisotopic (exact) mass is 246 g/mol. The summed E-state index contributed by atoms with van der Waals surface area (Å²) >= 11 is 0. The molecule has 1 fully saturated rings. The molecule has 18 heavy (non-hydrogen) atoms. The van der Waals surface area contributed by atoms with Crippen LogP contribution in [0.1, 0.15) is 23.6 Å². The molecule has 1 heterocycles. The lowest BCUT2D eigenvalue weighted by molar-refractivity contribution is -0.0192. The number of fused-ring (bicyclic) bond motifs is 1. The van der Waals surface area contributed by atoms with Gasteiger partial charge >= 0.3 is 0 Å². The minimum Gasteiger partial charge on any atom is -0.374 e. The Hall–Kier alpha value is -0.900. The maximum Gasteiger partial charge on any atom is 0.0826 e. The van der Waals surface area contributed by atoms with Crippen LogP contribution in [0.4, 0.5) is 0 Å². The van der Waals surface area contributed by atoms with E-state index >= 15 is 0 Å². The van der Waals surface area contributed by atoms with Gasteiger partial charge in [0.2, 0.25) is 0 Å². The van der Waals surface area contributed by atoms with Crippen molar-refractivity contribution in [1.82, 2.24) is 10.2 Å². The summed E-state index contributed by atoms with van der Waals surface area (Å²) < 4.78 is 5.79. The maximum atomic E-state index is 5.79. The van der Waals surface area contributed by atoms with Gasteiger partial charge in [-0.1, -0.05) is 24.3 Å². The highest BCUT2D eigenvalue weighted by Gasteiger charge is 2.24. The first-order chi connectivity index (χ1) is 8.83. The Kier molecular flexibility index (Phi) is 3.64. The summed E-state index contributed by atoms with van der Waals surface area (Å²) in [4.78, 5) is 2.35. The highest BCUT2D eigenvalue weighted by molar-refractivity contribution is 5.34. The van der Waals surface area contributed by atoms with Crippen molar-refractivity contribution in [3.05, 3.63) is 35.4 Å². The number of nitrogens with zero attached hydrogens (tertiary/aromatic N) is 1. The number of hydrogen-bond acceptors (Lipinski definition) is 3. The van der Waals surface area contributed by atoms with Crippen molar-refractivity contribution in [1.29, 1.82) is 0 Å². The van der Waals surface area contributed by atoms with Crippen molar-refractivity contribution in [2.45, 2.75) is 25.0 Å². The zero-order chi connectivity index (χ0) is 12.4. The Morgan fingerprint density at radius 1 is 1.39 bits per heavy atom. The Labute approximate surface area is 109 Å². The van der Waals surface area contributed by atoms with Crippen molar-refractivity contribution in [3.63, 3.8) is 0 Å². The molecule has 2 atom stereocenters. The first kappa shape index (κ1) is 12.2. The van der Waals surface area contributed by atoms with Gasteiger partial charge in [0.05, 0.1) is 12.7 Å². The lowest BCUT2D eigenvalue weighted by Gasteiger charge is -2.31. The Balaban J connectivity index is 1.55. The van der Waals surface area contributed by atoms with Crippen molar-refractivity contribution < 1.29 is 4.74 Å². The zero-order valence-corrected chi connectivity index (χ0v) is 11.1. The van der Waals surface area contributed by atoms with E-state index < -0.39 is 0 Å². The predicted octanol–water partition coefficient (Wildman–Crippen LogP) is 1.59. The Morgan fingerprint density at radius 2 is 2.28 bits per heavy atom. The molecule has 2 unspecified atom stereocenters. The highest BCUT2D eigenvalue weighted by Crippen LogP contribution is 2.30. The molecule has 0 radical (unpaired) electrons. The number of ether oxygens (including phenoxy) is 1. The van der Waals surface area contributed by atoms with Gasteiger partial charge in [-0.25, -0.2) is 0 Å². The minimum absolute atomic E-state index is 0.344. The molecular formula is C15H22N2O. The Bertz CT molecular complexity index is 407. The second-order valence-corrected chi connectivity index (χ2v) is 5.45. The van der Waals surface area contributed by atoms with Crippen LogP contribution in [0, 0.1) is 0 Å². The van der Waals surface area contributed by atoms with Crippen LogP contribution < -0.4 is 5.32 Å². The molecule has 0 bridgehead atoms. The van der Waals surface area contributed by atoms with Crippen molar-refractivity contribution in [2.24, 2.45) is 0 Å². The van der Waals surface area contributed by atoms with Gasteiger partial charge in [-0.2, -0.15) is 0 Å². The molecule has 2 aliphatic rings. The molecule has 3 rings (SSSR count). The summed E-state index contributed by atoms with van der Waals surface area (Å²) in [5.41, 5.74) is 3.00. The lowest BCUT2D eigenvalue weighted by atomic mass is 10.1. The third-order valence-electron chi connectivity index (χ3n) is 4.07. The minimum atomic E-state index is 0.344. The lowest BCUT2D eigenvalue weighted by Crippen LogP contribution is -2.45. The number of nitrogens with one attached hydrogen (secondary N) is 1. The summed E-state index contributed by atoms with van der Waals surface area (Å²) in [6, 6.07) is 9.32. The van der Waals surface area contributed by atoms with Crippen LogP contribution in [0.2, 0.25) is 0 Å². The van der Waals surface area contributed by atoms with Crippen LogP contribution in [0.15, 0.2) is 24.3 Å². The largest absolute Gasteiger partial charge is 0.374 e. The molecule has 98 valence electrons. The second kappa shape index (κ2) is 5.39. The average molecular weight is 246 g/mol.